The van der Waals surface area contributed by atoms with Crippen LogP contribution < -0.4 is 10.2 Å². The topological polar surface area (TPSA) is 107 Å². The number of imide groups is 1. The van der Waals surface area contributed by atoms with Gasteiger partial charge in [0.1, 0.15) is 11.6 Å². The van der Waals surface area contributed by atoms with Gasteiger partial charge in [-0.05, 0) is 55.5 Å². The first-order valence-corrected chi connectivity index (χ1v) is 18.4. The summed E-state index contributed by atoms with van der Waals surface area (Å²) in [5.74, 6) is -1.16. The van der Waals surface area contributed by atoms with Crippen LogP contribution in [0.25, 0.3) is 16.9 Å². The summed E-state index contributed by atoms with van der Waals surface area (Å²) in [4.78, 5) is 42.3. The smallest absolute Gasteiger partial charge is 0.236 e. The highest BCUT2D eigenvalue weighted by Crippen LogP contribution is 2.31. The molecule has 12 nitrogen and oxygen atoms in total. The van der Waals surface area contributed by atoms with Crippen LogP contribution in [0.3, 0.4) is 0 Å². The molecule has 1 N–H and O–H groups in total. The normalized spacial score (nSPS) is 19.4. The number of aromatic nitrogens is 5. The monoisotopic (exact) mass is 722 g/mol. The zero-order valence-corrected chi connectivity index (χ0v) is 30.1. The van der Waals surface area contributed by atoms with Gasteiger partial charge in [-0.25, -0.2) is 18.7 Å². The van der Waals surface area contributed by atoms with Crippen LogP contribution >= 0.6 is 0 Å². The van der Waals surface area contributed by atoms with Gasteiger partial charge in [0.2, 0.25) is 11.8 Å². The molecule has 3 aliphatic heterocycles. The van der Waals surface area contributed by atoms with Gasteiger partial charge in [0, 0.05) is 102 Å². The van der Waals surface area contributed by atoms with Gasteiger partial charge < -0.3 is 15.1 Å². The van der Waals surface area contributed by atoms with Crippen LogP contribution in [0.1, 0.15) is 48.8 Å². The lowest BCUT2D eigenvalue weighted by molar-refractivity contribution is -0.147. The predicted octanol–water partition coefficient (Wildman–Crippen LogP) is 5.24. The molecule has 2 aromatic carbocycles. The van der Waals surface area contributed by atoms with Crippen molar-refractivity contribution in [2.75, 3.05) is 69.6 Å². The van der Waals surface area contributed by atoms with Crippen LogP contribution in [0, 0.1) is 18.6 Å². The van der Waals surface area contributed by atoms with Crippen LogP contribution in [0.15, 0.2) is 67.4 Å². The lowest BCUT2D eigenvalue weighted by Gasteiger charge is -2.38. The van der Waals surface area contributed by atoms with E-state index < -0.39 is 11.6 Å². The molecule has 276 valence electrons. The van der Waals surface area contributed by atoms with E-state index in [1.807, 2.05) is 10.9 Å². The summed E-state index contributed by atoms with van der Waals surface area (Å²) in [6, 6.07) is 11.0. The van der Waals surface area contributed by atoms with Gasteiger partial charge in [-0.1, -0.05) is 12.1 Å². The number of fused-ring (bicyclic) bond motifs is 1. The van der Waals surface area contributed by atoms with Crippen molar-refractivity contribution in [3.05, 3.63) is 90.1 Å². The number of amides is 2. The third-order valence-corrected chi connectivity index (χ3v) is 11.2. The Kier molecular flexibility index (Phi) is 9.64. The fourth-order valence-corrected chi connectivity index (χ4v) is 7.86. The molecule has 8 rings (SSSR count). The molecule has 1 atom stereocenters. The Morgan fingerprint density at radius 1 is 0.868 bits per heavy atom. The molecule has 3 aliphatic rings. The molecule has 1 unspecified atom stereocenters. The van der Waals surface area contributed by atoms with Crippen molar-refractivity contribution in [3.63, 3.8) is 0 Å². The Morgan fingerprint density at radius 2 is 1.60 bits per heavy atom. The molecule has 2 amide bonds. The number of benzene rings is 2. The Hall–Kier alpha value is -5.21. The lowest BCUT2D eigenvalue weighted by Crippen LogP contribution is -2.49. The first-order chi connectivity index (χ1) is 25.7. The molecule has 0 aliphatic carbocycles. The molecule has 0 saturated carbocycles. The summed E-state index contributed by atoms with van der Waals surface area (Å²) in [5.41, 5.74) is 4.59. The Labute approximate surface area is 307 Å². The number of piperidine rings is 2. The van der Waals surface area contributed by atoms with Gasteiger partial charge in [0.25, 0.3) is 0 Å². The minimum atomic E-state index is -0.652. The first-order valence-electron chi connectivity index (χ1n) is 18.4. The molecular weight excluding hydrogens is 678 g/mol. The molecule has 0 bridgehead atoms. The van der Waals surface area contributed by atoms with E-state index in [0.29, 0.717) is 41.6 Å². The second-order valence-electron chi connectivity index (χ2n) is 14.4. The van der Waals surface area contributed by atoms with Crippen molar-refractivity contribution in [2.24, 2.45) is 0 Å². The number of imidazole rings is 1. The van der Waals surface area contributed by atoms with E-state index in [9.17, 15) is 18.4 Å². The molecule has 3 saturated heterocycles. The van der Waals surface area contributed by atoms with Gasteiger partial charge in [-0.2, -0.15) is 5.10 Å². The number of nitrogens with zero attached hydrogens (tertiary/aromatic N) is 9. The number of hydrogen-bond donors (Lipinski definition) is 1. The number of likely N-dealkylation sites (tertiary alicyclic amines) is 2. The zero-order chi connectivity index (χ0) is 36.6. The maximum Gasteiger partial charge on any atom is 0.236 e. The van der Waals surface area contributed by atoms with Gasteiger partial charge in [0.05, 0.1) is 35.7 Å². The van der Waals surface area contributed by atoms with Crippen molar-refractivity contribution in [3.8, 4) is 11.3 Å². The number of nitrogens with one attached hydrogen (secondary N) is 1. The average molecular weight is 723 g/mol. The number of likely N-dealkylation sites (N-methyl/N-ethyl adjacent to an activating group) is 1. The van der Waals surface area contributed by atoms with Gasteiger partial charge in [0.15, 0.2) is 11.5 Å². The first kappa shape index (κ1) is 34.9. The number of piperazine rings is 1. The van der Waals surface area contributed by atoms with Crippen LogP contribution in [0.2, 0.25) is 0 Å². The molecule has 6 heterocycles. The minimum absolute atomic E-state index is 0.0974. The molecule has 3 aromatic heterocycles. The average Bonchev–Trinajstić information content (AvgIpc) is 3.87. The van der Waals surface area contributed by atoms with Gasteiger partial charge in [-0.3, -0.25) is 28.5 Å². The molecule has 3 fully saturated rings. The highest BCUT2D eigenvalue weighted by atomic mass is 19.1. The Morgan fingerprint density at radius 3 is 2.36 bits per heavy atom. The van der Waals surface area contributed by atoms with E-state index in [2.05, 4.69) is 59.3 Å². The Balaban J connectivity index is 0.796. The van der Waals surface area contributed by atoms with Crippen LogP contribution in [0.4, 0.5) is 26.0 Å². The summed E-state index contributed by atoms with van der Waals surface area (Å²) < 4.78 is 32.4. The van der Waals surface area contributed by atoms with E-state index in [1.165, 1.54) is 16.7 Å². The quantitative estimate of drug-likeness (QED) is 0.205. The number of anilines is 3. The third kappa shape index (κ3) is 7.12. The fourth-order valence-electron chi connectivity index (χ4n) is 7.86. The minimum Gasteiger partial charge on any atom is -0.369 e. The zero-order valence-electron chi connectivity index (χ0n) is 30.1. The van der Waals surface area contributed by atoms with Crippen LogP contribution in [-0.4, -0.2) is 110 Å². The highest BCUT2D eigenvalue weighted by molar-refractivity contribution is 6.00. The highest BCUT2D eigenvalue weighted by Gasteiger charge is 2.33. The maximum absolute atomic E-state index is 14.7. The van der Waals surface area contributed by atoms with E-state index in [0.717, 1.165) is 82.5 Å². The van der Waals surface area contributed by atoms with Crippen molar-refractivity contribution < 1.29 is 18.4 Å². The largest absolute Gasteiger partial charge is 0.369 e. The number of halogens is 2. The molecule has 5 aromatic rings. The summed E-state index contributed by atoms with van der Waals surface area (Å²) in [6.07, 6.45) is 11.8. The molecule has 0 spiro atoms. The fraction of sp³-hybridized carbons (Fsp3) is 0.410. The molecule has 14 heteroatoms. The molecule has 0 radical (unpaired) electrons. The van der Waals surface area contributed by atoms with E-state index in [-0.39, 0.29) is 23.3 Å². The van der Waals surface area contributed by atoms with E-state index in [1.54, 1.807) is 43.2 Å². The predicted molar refractivity (Wildman–Crippen MR) is 198 cm³/mol. The van der Waals surface area contributed by atoms with Gasteiger partial charge >= 0.3 is 0 Å². The Bertz CT molecular complexity index is 2120. The van der Waals surface area contributed by atoms with Gasteiger partial charge in [-0.15, -0.1) is 0 Å². The number of hydrogen-bond acceptors (Lipinski definition) is 9. The number of carbonyl (C=O) groups excluding carboxylic acids is 2. The SMILES string of the molecule is Cc1cc(-c2cnc(Nc3cnn(C4CCN(CCN5CCN(c6ccc(C7CCC(=O)N(C)C7=O)cc6)CC5)CC4)c3)c3nccn23)c(F)cc1F. The summed E-state index contributed by atoms with van der Waals surface area (Å²) in [5, 5.41) is 8.00. The molecule has 53 heavy (non-hydrogen) atoms. The van der Waals surface area contributed by atoms with Crippen molar-refractivity contribution in [1.82, 2.24) is 38.8 Å². The summed E-state index contributed by atoms with van der Waals surface area (Å²) in [7, 11) is 1.58. The third-order valence-electron chi connectivity index (χ3n) is 11.2. The maximum atomic E-state index is 14.7. The second-order valence-corrected chi connectivity index (χ2v) is 14.4. The summed E-state index contributed by atoms with van der Waals surface area (Å²) >= 11 is 0. The van der Waals surface area contributed by atoms with Crippen LogP contribution in [0.5, 0.6) is 0 Å². The number of aryl methyl sites for hydroxylation is 1. The van der Waals surface area contributed by atoms with Crippen molar-refractivity contribution in [2.45, 2.75) is 44.6 Å². The number of carbonyl (C=O) groups is 2. The standard InChI is InChI=1S/C39H44F2N10O2/c1-26-21-32(34(41)22-33(26)40)35-24-43-37(38-42-11-14-50(35)38)45-28-23-44-51(25-28)30-9-12-47(13-10-30)15-16-48-17-19-49(20-18-48)29-5-3-27(4-6-29)31-7-8-36(52)46(2)39(31)53/h3-6,11,14,21-25,30-31H,7-10,12-13,15-20H2,1-2H3,(H,43,45). The molecular formula is C39H44F2N10O2. The van der Waals surface area contributed by atoms with Crippen molar-refractivity contribution in [1.29, 1.82) is 0 Å². The second kappa shape index (κ2) is 14.7. The van der Waals surface area contributed by atoms with E-state index in [4.69, 9.17) is 0 Å². The lowest BCUT2D eigenvalue weighted by atomic mass is 9.89. The number of rotatable bonds is 9. The summed E-state index contributed by atoms with van der Waals surface area (Å²) in [6.45, 7) is 9.70. The van der Waals surface area contributed by atoms with E-state index >= 15 is 0 Å². The van der Waals surface area contributed by atoms with Crippen molar-refractivity contribution >= 4 is 34.7 Å². The van der Waals surface area contributed by atoms with Crippen LogP contribution in [-0.2, 0) is 9.59 Å².